The Hall–Kier alpha value is -1.40. The average Bonchev–Trinajstić information content (AvgIpc) is 2.58. The van der Waals surface area contributed by atoms with Crippen LogP contribution in [0, 0.1) is 0 Å². The molecule has 0 aliphatic carbocycles. The van der Waals surface area contributed by atoms with Crippen LogP contribution in [-0.4, -0.2) is 5.37 Å². The number of hydrogen-bond donors (Lipinski definition) is 0. The quantitative estimate of drug-likeness (QED) is 0.486. The number of alkyl halides is 2. The fourth-order valence-corrected chi connectivity index (χ4v) is 7.29. The van der Waals surface area contributed by atoms with E-state index in [1.54, 1.807) is 0 Å². The number of rotatable bonds is 4. The summed E-state index contributed by atoms with van der Waals surface area (Å²) in [5.74, 6) is 0. The maximum atomic E-state index is 14.9. The minimum Gasteiger partial charge on any atom is -1.00 e. The maximum Gasteiger partial charge on any atom is 0.293 e. The van der Waals surface area contributed by atoms with E-state index in [0.717, 1.165) is 15.9 Å². The van der Waals surface area contributed by atoms with Crippen LogP contribution in [0.4, 0.5) is 4.39 Å². The topological polar surface area (TPSA) is 0 Å². The third-order valence-corrected chi connectivity index (χ3v) is 8.59. The standard InChI is InChI=1S/C19H16ClFP.ClH/c20-19(21)22(16-10-4-1-5-11-16,17-12-6-2-7-13-17)18-14-8-3-9-15-18;/h1-15,19H;1H/q+1;/p-1. The summed E-state index contributed by atoms with van der Waals surface area (Å²) < 4.78 is 14.9. The fourth-order valence-electron chi connectivity index (χ4n) is 2.77. The third-order valence-electron chi connectivity index (χ3n) is 3.78. The lowest BCUT2D eigenvalue weighted by Crippen LogP contribution is -3.00. The summed E-state index contributed by atoms with van der Waals surface area (Å²) in [4.78, 5) is 0. The van der Waals surface area contributed by atoms with Crippen molar-refractivity contribution in [2.75, 3.05) is 0 Å². The van der Waals surface area contributed by atoms with Gasteiger partial charge in [-0.1, -0.05) is 54.6 Å². The van der Waals surface area contributed by atoms with Crippen LogP contribution in [0.3, 0.4) is 0 Å². The summed E-state index contributed by atoms with van der Waals surface area (Å²) in [7, 11) is -2.53. The molecule has 0 saturated carbocycles. The van der Waals surface area contributed by atoms with Crippen molar-refractivity contribution in [2.24, 2.45) is 0 Å². The van der Waals surface area contributed by atoms with E-state index < -0.39 is 12.6 Å². The van der Waals surface area contributed by atoms with E-state index in [2.05, 4.69) is 0 Å². The van der Waals surface area contributed by atoms with Crippen molar-refractivity contribution in [3.05, 3.63) is 91.0 Å². The van der Waals surface area contributed by atoms with Gasteiger partial charge in [-0.3, -0.25) is 0 Å². The van der Waals surface area contributed by atoms with Crippen molar-refractivity contribution in [2.45, 2.75) is 5.37 Å². The highest BCUT2D eigenvalue weighted by molar-refractivity contribution is 7.97. The highest BCUT2D eigenvalue weighted by Crippen LogP contribution is 2.61. The normalized spacial score (nSPS) is 12.3. The SMILES string of the molecule is FC(Cl)[P+](c1ccccc1)(c1ccccc1)c1ccccc1.[Cl-]. The molecule has 1 unspecified atom stereocenters. The predicted molar refractivity (Wildman–Crippen MR) is 95.9 cm³/mol. The van der Waals surface area contributed by atoms with Crippen molar-refractivity contribution in [3.63, 3.8) is 0 Å². The van der Waals surface area contributed by atoms with E-state index in [9.17, 15) is 4.39 Å². The third kappa shape index (κ3) is 3.28. The Labute approximate surface area is 148 Å². The molecule has 0 saturated heterocycles. The molecule has 3 aromatic rings. The second-order valence-electron chi connectivity index (χ2n) is 5.01. The van der Waals surface area contributed by atoms with Gasteiger partial charge in [0.05, 0.1) is 0 Å². The maximum absolute atomic E-state index is 14.9. The van der Waals surface area contributed by atoms with Crippen LogP contribution in [0.2, 0.25) is 0 Å². The first kappa shape index (κ1) is 17.9. The molecule has 0 fully saturated rings. The molecule has 118 valence electrons. The molecule has 0 heterocycles. The van der Waals surface area contributed by atoms with Gasteiger partial charge in [0, 0.05) is 0 Å². The van der Waals surface area contributed by atoms with Crippen LogP contribution in [0.1, 0.15) is 0 Å². The Morgan fingerprint density at radius 2 is 0.870 bits per heavy atom. The van der Waals surface area contributed by atoms with Gasteiger partial charge in [-0.05, 0) is 48.0 Å². The molecule has 3 aromatic carbocycles. The largest absolute Gasteiger partial charge is 1.00 e. The number of halogens is 3. The van der Waals surface area contributed by atoms with Gasteiger partial charge in [0.1, 0.15) is 15.9 Å². The first-order valence-corrected chi connectivity index (χ1v) is 9.39. The Morgan fingerprint density at radius 1 is 0.609 bits per heavy atom. The molecule has 0 aliphatic rings. The molecule has 0 nitrogen and oxygen atoms in total. The average molecular weight is 365 g/mol. The first-order chi connectivity index (χ1) is 10.8. The molecular formula is C19H16Cl2FP. The summed E-state index contributed by atoms with van der Waals surface area (Å²) in [6.45, 7) is 0. The Bertz CT molecular complexity index is 621. The lowest BCUT2D eigenvalue weighted by atomic mass is 10.4. The zero-order valence-electron chi connectivity index (χ0n) is 12.3. The van der Waals surface area contributed by atoms with Gasteiger partial charge in [0.2, 0.25) is 0 Å². The molecule has 0 amide bonds. The smallest absolute Gasteiger partial charge is 0.293 e. The van der Waals surface area contributed by atoms with E-state index in [4.69, 9.17) is 11.6 Å². The second-order valence-corrected chi connectivity index (χ2v) is 9.14. The summed E-state index contributed by atoms with van der Waals surface area (Å²) in [6.07, 6.45) is 0. The lowest BCUT2D eigenvalue weighted by molar-refractivity contribution is -0.00000466. The first-order valence-electron chi connectivity index (χ1n) is 7.10. The van der Waals surface area contributed by atoms with Gasteiger partial charge in [-0.15, -0.1) is 0 Å². The predicted octanol–water partition coefficient (Wildman–Crippen LogP) is 1.48. The molecule has 3 rings (SSSR count). The van der Waals surface area contributed by atoms with Crippen molar-refractivity contribution < 1.29 is 16.8 Å². The van der Waals surface area contributed by atoms with Gasteiger partial charge in [0.25, 0.3) is 5.37 Å². The zero-order valence-corrected chi connectivity index (χ0v) is 14.7. The van der Waals surface area contributed by atoms with Gasteiger partial charge in [0.15, 0.2) is 7.26 Å². The summed E-state index contributed by atoms with van der Waals surface area (Å²) >= 11 is 6.19. The molecule has 0 N–H and O–H groups in total. The highest BCUT2D eigenvalue weighted by Gasteiger charge is 2.52. The molecule has 0 radical (unpaired) electrons. The van der Waals surface area contributed by atoms with E-state index in [0.29, 0.717) is 0 Å². The van der Waals surface area contributed by atoms with E-state index >= 15 is 0 Å². The monoisotopic (exact) mass is 364 g/mol. The molecular weight excluding hydrogens is 349 g/mol. The minimum absolute atomic E-state index is 0. The van der Waals surface area contributed by atoms with Crippen molar-refractivity contribution in [1.82, 2.24) is 0 Å². The zero-order chi connectivity index (χ0) is 15.4. The molecule has 0 aromatic heterocycles. The molecule has 0 bridgehead atoms. The highest BCUT2D eigenvalue weighted by atomic mass is 35.5. The van der Waals surface area contributed by atoms with E-state index in [1.165, 1.54) is 0 Å². The van der Waals surface area contributed by atoms with Crippen LogP contribution in [0.15, 0.2) is 91.0 Å². The van der Waals surface area contributed by atoms with Crippen molar-refractivity contribution >= 4 is 34.8 Å². The fraction of sp³-hybridized carbons (Fsp3) is 0.0526. The van der Waals surface area contributed by atoms with Crippen LogP contribution in [0.25, 0.3) is 0 Å². The molecule has 4 heteroatoms. The van der Waals surface area contributed by atoms with E-state index in [-0.39, 0.29) is 12.4 Å². The second kappa shape index (κ2) is 7.93. The number of hydrogen-bond acceptors (Lipinski definition) is 0. The number of benzene rings is 3. The van der Waals surface area contributed by atoms with Gasteiger partial charge in [-0.2, -0.15) is 4.39 Å². The Kier molecular flexibility index (Phi) is 6.18. The van der Waals surface area contributed by atoms with Crippen LogP contribution < -0.4 is 28.3 Å². The van der Waals surface area contributed by atoms with Crippen LogP contribution in [0.5, 0.6) is 0 Å². The van der Waals surface area contributed by atoms with Crippen LogP contribution >= 0.6 is 18.9 Å². The van der Waals surface area contributed by atoms with Gasteiger partial charge < -0.3 is 12.4 Å². The summed E-state index contributed by atoms with van der Waals surface area (Å²) in [6, 6.07) is 29.3. The van der Waals surface area contributed by atoms with Gasteiger partial charge in [-0.25, -0.2) is 0 Å². The molecule has 23 heavy (non-hydrogen) atoms. The summed E-state index contributed by atoms with van der Waals surface area (Å²) in [5, 5.41) is 1.39. The van der Waals surface area contributed by atoms with Crippen molar-refractivity contribution in [1.29, 1.82) is 0 Å². The van der Waals surface area contributed by atoms with Crippen molar-refractivity contribution in [3.8, 4) is 0 Å². The van der Waals surface area contributed by atoms with E-state index in [1.807, 2.05) is 91.0 Å². The van der Waals surface area contributed by atoms with Gasteiger partial charge >= 0.3 is 0 Å². The Morgan fingerprint density at radius 3 is 1.09 bits per heavy atom. The lowest BCUT2D eigenvalue weighted by Gasteiger charge is -2.27. The summed E-state index contributed by atoms with van der Waals surface area (Å²) in [5.41, 5.74) is 0. The Balaban J connectivity index is 0.00000192. The molecule has 0 spiro atoms. The minimum atomic E-state index is -2.53. The molecule has 1 atom stereocenters. The molecule has 0 aliphatic heterocycles. The van der Waals surface area contributed by atoms with Crippen LogP contribution in [-0.2, 0) is 0 Å².